The van der Waals surface area contributed by atoms with Gasteiger partial charge in [0.05, 0.1) is 40.5 Å². The molecule has 3 heterocycles. The van der Waals surface area contributed by atoms with Gasteiger partial charge in [0.15, 0.2) is 5.57 Å². The number of para-hydroxylation sites is 1. The first-order chi connectivity index (χ1) is 23.6. The number of nitrogens with one attached hydrogen (secondary N) is 1. The summed E-state index contributed by atoms with van der Waals surface area (Å²) in [4.78, 5) is 27.1. The Balaban J connectivity index is 1.26. The molecule has 6 aromatic rings. The molecule has 234 valence electrons. The van der Waals surface area contributed by atoms with Crippen molar-refractivity contribution >= 4 is 40.3 Å². The number of thiazole rings is 1. The minimum Gasteiger partial charge on any atom is -0.467 e. The second-order valence-electron chi connectivity index (χ2n) is 11.1. The molecule has 1 atom stereocenters. The fourth-order valence-corrected chi connectivity index (χ4v) is 6.79. The molecule has 9 heteroatoms. The number of hydrogen-bond donors (Lipinski definition) is 1. The van der Waals surface area contributed by atoms with Crippen LogP contribution in [0.2, 0.25) is 0 Å². The standard InChI is InChI=1S/C39H29N5O3S/c40-25-33(37(45)41-26-32-17-10-22-47-32)39-43(30-15-8-3-9-16-30)38(46)36(48-39)23-27-18-20-31(21-19-27)44-35(29-13-6-2-7-14-29)24-34(42-44)28-11-4-1-5-12-28/h1-23,35H,24,26H2,(H,41,45)/b36-23-,39-33-. The Morgan fingerprint density at radius 1 is 0.896 bits per heavy atom. The van der Waals surface area contributed by atoms with Crippen molar-refractivity contribution in [3.8, 4) is 11.8 Å². The van der Waals surface area contributed by atoms with E-state index in [-0.39, 0.29) is 28.4 Å². The van der Waals surface area contributed by atoms with Crippen LogP contribution in [0.5, 0.6) is 0 Å². The third kappa shape index (κ3) is 6.25. The van der Waals surface area contributed by atoms with Crippen LogP contribution in [0.4, 0.5) is 5.69 Å². The lowest BCUT2D eigenvalue weighted by Gasteiger charge is -2.24. The molecule has 1 aliphatic heterocycles. The predicted molar refractivity (Wildman–Crippen MR) is 188 cm³/mol. The molecule has 0 bridgehead atoms. The molecular weight excluding hydrogens is 619 g/mol. The highest BCUT2D eigenvalue weighted by Gasteiger charge is 2.29. The van der Waals surface area contributed by atoms with Gasteiger partial charge in [0.25, 0.3) is 11.5 Å². The van der Waals surface area contributed by atoms with Gasteiger partial charge in [-0.2, -0.15) is 10.4 Å². The van der Waals surface area contributed by atoms with Crippen LogP contribution in [0.3, 0.4) is 0 Å². The number of carbonyl (C=O) groups excluding carboxylic acids is 1. The van der Waals surface area contributed by atoms with Crippen molar-refractivity contribution in [2.24, 2.45) is 5.10 Å². The van der Waals surface area contributed by atoms with Crippen LogP contribution in [0.15, 0.2) is 148 Å². The maximum atomic E-state index is 13.9. The first kappa shape index (κ1) is 30.4. The van der Waals surface area contributed by atoms with E-state index in [0.717, 1.165) is 40.3 Å². The molecule has 1 aliphatic rings. The molecule has 4 aromatic carbocycles. The van der Waals surface area contributed by atoms with Crippen molar-refractivity contribution in [1.29, 1.82) is 5.26 Å². The zero-order chi connectivity index (χ0) is 32.9. The van der Waals surface area contributed by atoms with Gasteiger partial charge in [0.2, 0.25) is 0 Å². The molecule has 1 unspecified atom stereocenters. The van der Waals surface area contributed by atoms with Gasteiger partial charge < -0.3 is 9.73 Å². The second-order valence-corrected chi connectivity index (χ2v) is 12.2. The summed E-state index contributed by atoms with van der Waals surface area (Å²) in [5, 5.41) is 19.9. The van der Waals surface area contributed by atoms with Gasteiger partial charge in [-0.25, -0.2) is 0 Å². The number of aromatic nitrogens is 1. The molecule has 0 fully saturated rings. The summed E-state index contributed by atoms with van der Waals surface area (Å²) >= 11 is 1.10. The van der Waals surface area contributed by atoms with Crippen molar-refractivity contribution in [1.82, 2.24) is 9.88 Å². The first-order valence-corrected chi connectivity index (χ1v) is 16.2. The maximum Gasteiger partial charge on any atom is 0.273 e. The smallest absolute Gasteiger partial charge is 0.273 e. The Hall–Kier alpha value is -6.24. The number of amides is 1. The van der Waals surface area contributed by atoms with Crippen LogP contribution in [0.1, 0.15) is 34.9 Å². The number of hydrogen-bond acceptors (Lipinski definition) is 7. The lowest BCUT2D eigenvalue weighted by Crippen LogP contribution is -2.33. The highest BCUT2D eigenvalue weighted by atomic mass is 32.1. The van der Waals surface area contributed by atoms with E-state index in [9.17, 15) is 14.9 Å². The molecule has 0 radical (unpaired) electrons. The number of furan rings is 1. The van der Waals surface area contributed by atoms with E-state index >= 15 is 0 Å². The molecule has 0 saturated heterocycles. The molecule has 48 heavy (non-hydrogen) atoms. The predicted octanol–water partition coefficient (Wildman–Crippen LogP) is 5.67. The Bertz CT molecular complexity index is 2300. The average Bonchev–Trinajstić information content (AvgIpc) is 3.89. The molecule has 0 spiro atoms. The Morgan fingerprint density at radius 3 is 2.25 bits per heavy atom. The molecular formula is C39H29N5O3S. The van der Waals surface area contributed by atoms with Crippen LogP contribution in [-0.4, -0.2) is 16.2 Å². The lowest BCUT2D eigenvalue weighted by atomic mass is 9.98. The fraction of sp³-hybridized carbons (Fsp3) is 0.0769. The normalized spacial score (nSPS) is 15.1. The summed E-state index contributed by atoms with van der Waals surface area (Å²) in [5.41, 5.74) is 5.09. The van der Waals surface area contributed by atoms with E-state index in [0.29, 0.717) is 16.0 Å². The molecule has 1 amide bonds. The monoisotopic (exact) mass is 647 g/mol. The molecule has 2 aromatic heterocycles. The summed E-state index contributed by atoms with van der Waals surface area (Å²) in [6, 6.07) is 43.0. The van der Waals surface area contributed by atoms with Gasteiger partial charge in [-0.3, -0.25) is 19.2 Å². The van der Waals surface area contributed by atoms with Crippen molar-refractivity contribution in [2.45, 2.75) is 19.0 Å². The van der Waals surface area contributed by atoms with Crippen molar-refractivity contribution in [2.75, 3.05) is 5.01 Å². The van der Waals surface area contributed by atoms with Crippen molar-refractivity contribution < 1.29 is 9.21 Å². The molecule has 1 N–H and O–H groups in total. The SMILES string of the molecule is N#C/C(C(=O)NCc1ccco1)=c1/s/c(=C\c2ccc(N3N=C(c4ccccc4)CC3c3ccccc3)cc2)c(=O)n1-c1ccccc1. The van der Waals surface area contributed by atoms with Crippen molar-refractivity contribution in [3.63, 3.8) is 0 Å². The number of nitrogens with zero attached hydrogens (tertiary/aromatic N) is 4. The van der Waals surface area contributed by atoms with Gasteiger partial charge in [-0.1, -0.05) is 91.0 Å². The van der Waals surface area contributed by atoms with Crippen molar-refractivity contribution in [3.05, 3.63) is 176 Å². The molecule has 0 aliphatic carbocycles. The van der Waals surface area contributed by atoms with Crippen LogP contribution >= 0.6 is 11.3 Å². The third-order valence-electron chi connectivity index (χ3n) is 8.05. The largest absolute Gasteiger partial charge is 0.467 e. The highest BCUT2D eigenvalue weighted by molar-refractivity contribution is 7.07. The zero-order valence-corrected chi connectivity index (χ0v) is 26.5. The Morgan fingerprint density at radius 2 is 1.58 bits per heavy atom. The molecule has 8 nitrogen and oxygen atoms in total. The Kier molecular flexibility index (Phi) is 8.64. The lowest BCUT2D eigenvalue weighted by molar-refractivity contribution is -0.115. The number of benzene rings is 4. The summed E-state index contributed by atoms with van der Waals surface area (Å²) < 4.78 is 7.37. The van der Waals surface area contributed by atoms with Crippen LogP contribution in [-0.2, 0) is 11.3 Å². The quantitative estimate of drug-likeness (QED) is 0.230. The highest BCUT2D eigenvalue weighted by Crippen LogP contribution is 2.36. The van der Waals surface area contributed by atoms with Crippen LogP contribution < -0.4 is 25.1 Å². The summed E-state index contributed by atoms with van der Waals surface area (Å²) in [6.07, 6.45) is 4.07. The minimum atomic E-state index is -0.593. The molecule has 7 rings (SSSR count). The number of nitriles is 1. The third-order valence-corrected chi connectivity index (χ3v) is 9.14. The van der Waals surface area contributed by atoms with Gasteiger partial charge in [0, 0.05) is 6.42 Å². The number of hydrazone groups is 1. The number of carbonyl (C=O) groups is 1. The first-order valence-electron chi connectivity index (χ1n) is 15.4. The Labute approximate surface area is 280 Å². The number of rotatable bonds is 8. The van der Waals surface area contributed by atoms with Gasteiger partial charge in [-0.05, 0) is 59.2 Å². The van der Waals surface area contributed by atoms with Gasteiger partial charge in [-0.15, -0.1) is 11.3 Å². The van der Waals surface area contributed by atoms with Gasteiger partial charge >= 0.3 is 0 Å². The maximum absolute atomic E-state index is 13.9. The van der Waals surface area contributed by atoms with E-state index in [1.165, 1.54) is 16.4 Å². The topological polar surface area (TPSA) is 104 Å². The van der Waals surface area contributed by atoms with E-state index in [1.54, 1.807) is 42.5 Å². The van der Waals surface area contributed by atoms with Crippen LogP contribution in [0, 0.1) is 11.3 Å². The average molecular weight is 648 g/mol. The second kappa shape index (κ2) is 13.6. The summed E-state index contributed by atoms with van der Waals surface area (Å²) in [5.74, 6) is -0.0412. The van der Waals surface area contributed by atoms with Crippen LogP contribution in [0.25, 0.3) is 17.3 Å². The minimum absolute atomic E-state index is 0.0352. The zero-order valence-electron chi connectivity index (χ0n) is 25.7. The van der Waals surface area contributed by atoms with E-state index < -0.39 is 5.91 Å². The van der Waals surface area contributed by atoms with Gasteiger partial charge in [0.1, 0.15) is 16.5 Å². The van der Waals surface area contributed by atoms with E-state index in [4.69, 9.17) is 9.52 Å². The fourth-order valence-electron chi connectivity index (χ4n) is 5.69. The molecule has 0 saturated carbocycles. The number of anilines is 1. The van der Waals surface area contributed by atoms with E-state index in [2.05, 4.69) is 34.6 Å². The summed E-state index contributed by atoms with van der Waals surface area (Å²) in [6.45, 7) is 0.113. The summed E-state index contributed by atoms with van der Waals surface area (Å²) in [7, 11) is 0. The van der Waals surface area contributed by atoms with E-state index in [1.807, 2.05) is 72.8 Å².